The van der Waals surface area contributed by atoms with Crippen LogP contribution in [0.3, 0.4) is 0 Å². The maximum atomic E-state index is 6.03. The molecule has 1 heterocycles. The van der Waals surface area contributed by atoms with E-state index in [1.165, 1.54) is 18.7 Å². The maximum Gasteiger partial charge on any atom is 0.0600 e. The van der Waals surface area contributed by atoms with Crippen molar-refractivity contribution in [3.8, 4) is 0 Å². The van der Waals surface area contributed by atoms with Crippen LogP contribution in [-0.2, 0) is 0 Å². The molecule has 1 aliphatic rings. The molecule has 100 valence electrons. The molecule has 2 rings (SSSR count). The second-order valence-electron chi connectivity index (χ2n) is 5.36. The summed E-state index contributed by atoms with van der Waals surface area (Å²) in [5.41, 5.74) is 8.12. The van der Waals surface area contributed by atoms with E-state index in [1.807, 2.05) is 12.1 Å². The molecule has 3 nitrogen and oxygen atoms in total. The highest BCUT2D eigenvalue weighted by Gasteiger charge is 2.19. The predicted molar refractivity (Wildman–Crippen MR) is 79.0 cm³/mol. The van der Waals surface area contributed by atoms with E-state index < -0.39 is 0 Å². The fourth-order valence-electron chi connectivity index (χ4n) is 2.52. The summed E-state index contributed by atoms with van der Waals surface area (Å²) in [5.74, 6) is 0.804. The van der Waals surface area contributed by atoms with Gasteiger partial charge < -0.3 is 10.6 Å². The van der Waals surface area contributed by atoms with Crippen molar-refractivity contribution in [3.05, 3.63) is 24.3 Å². The molecule has 1 saturated heterocycles. The Hall–Kier alpha value is -1.22. The summed E-state index contributed by atoms with van der Waals surface area (Å²) in [5, 5.41) is 0. The van der Waals surface area contributed by atoms with Crippen LogP contribution in [0.25, 0.3) is 0 Å². The number of hydrogen-bond donors (Lipinski definition) is 1. The molecular formula is C15H25N3. The Kier molecular flexibility index (Phi) is 4.48. The number of hydrogen-bond acceptors (Lipinski definition) is 3. The van der Waals surface area contributed by atoms with Gasteiger partial charge in [0.2, 0.25) is 0 Å². The van der Waals surface area contributed by atoms with Gasteiger partial charge in [-0.1, -0.05) is 32.4 Å². The molecule has 1 aromatic carbocycles. The molecule has 0 spiro atoms. The van der Waals surface area contributed by atoms with E-state index in [0.717, 1.165) is 37.8 Å². The van der Waals surface area contributed by atoms with Crippen molar-refractivity contribution in [3.63, 3.8) is 0 Å². The summed E-state index contributed by atoms with van der Waals surface area (Å²) >= 11 is 0. The molecule has 1 aromatic rings. The quantitative estimate of drug-likeness (QED) is 0.829. The Balaban J connectivity index is 1.89. The van der Waals surface area contributed by atoms with Crippen LogP contribution in [0.1, 0.15) is 20.3 Å². The van der Waals surface area contributed by atoms with Crippen molar-refractivity contribution in [2.24, 2.45) is 5.92 Å². The van der Waals surface area contributed by atoms with Gasteiger partial charge in [0, 0.05) is 32.7 Å². The molecule has 1 unspecified atom stereocenters. The molecule has 0 amide bonds. The summed E-state index contributed by atoms with van der Waals surface area (Å²) in [7, 11) is 0. The first-order valence-corrected chi connectivity index (χ1v) is 7.02. The normalized spacial score (nSPS) is 18.9. The molecule has 0 aromatic heterocycles. The molecule has 1 fully saturated rings. The fourth-order valence-corrected chi connectivity index (χ4v) is 2.52. The molecule has 0 aliphatic carbocycles. The van der Waals surface area contributed by atoms with Crippen LogP contribution >= 0.6 is 0 Å². The topological polar surface area (TPSA) is 32.5 Å². The highest BCUT2D eigenvalue weighted by Crippen LogP contribution is 2.23. The molecule has 3 heteroatoms. The van der Waals surface area contributed by atoms with Gasteiger partial charge in [-0.15, -0.1) is 0 Å². The van der Waals surface area contributed by atoms with E-state index in [2.05, 4.69) is 35.8 Å². The summed E-state index contributed by atoms with van der Waals surface area (Å²) in [6, 6.07) is 8.18. The SMILES string of the molecule is CCC(C)CN1CCN(c2ccccc2N)CC1. The molecule has 2 N–H and O–H groups in total. The minimum atomic E-state index is 0.804. The van der Waals surface area contributed by atoms with Crippen LogP contribution < -0.4 is 10.6 Å². The molecule has 18 heavy (non-hydrogen) atoms. The van der Waals surface area contributed by atoms with E-state index in [-0.39, 0.29) is 0 Å². The van der Waals surface area contributed by atoms with E-state index in [4.69, 9.17) is 5.73 Å². The van der Waals surface area contributed by atoms with Crippen LogP contribution in [0.5, 0.6) is 0 Å². The van der Waals surface area contributed by atoms with E-state index in [9.17, 15) is 0 Å². The van der Waals surface area contributed by atoms with Gasteiger partial charge >= 0.3 is 0 Å². The molecule has 0 bridgehead atoms. The van der Waals surface area contributed by atoms with Crippen LogP contribution in [0.2, 0.25) is 0 Å². The smallest absolute Gasteiger partial charge is 0.0600 e. The highest BCUT2D eigenvalue weighted by atomic mass is 15.3. The fraction of sp³-hybridized carbons (Fsp3) is 0.600. The van der Waals surface area contributed by atoms with Gasteiger partial charge in [0.05, 0.1) is 11.4 Å². The Bertz CT molecular complexity index is 370. The van der Waals surface area contributed by atoms with Gasteiger partial charge in [-0.05, 0) is 18.1 Å². The van der Waals surface area contributed by atoms with Crippen molar-refractivity contribution >= 4 is 11.4 Å². The second-order valence-corrected chi connectivity index (χ2v) is 5.36. The van der Waals surface area contributed by atoms with Crippen LogP contribution in [-0.4, -0.2) is 37.6 Å². The largest absolute Gasteiger partial charge is 0.397 e. The highest BCUT2D eigenvalue weighted by molar-refractivity contribution is 5.67. The standard InChI is InChI=1S/C15H25N3/c1-3-13(2)12-17-8-10-18(11-9-17)15-7-5-4-6-14(15)16/h4-7,13H,3,8-12,16H2,1-2H3. The Labute approximate surface area is 111 Å². The molecule has 0 saturated carbocycles. The predicted octanol–water partition coefficient (Wildman–Crippen LogP) is 2.44. The minimum Gasteiger partial charge on any atom is -0.397 e. The number of rotatable bonds is 4. The monoisotopic (exact) mass is 247 g/mol. The van der Waals surface area contributed by atoms with Crippen molar-refractivity contribution in [1.82, 2.24) is 4.90 Å². The average Bonchev–Trinajstić information content (AvgIpc) is 2.40. The van der Waals surface area contributed by atoms with Crippen molar-refractivity contribution in [2.45, 2.75) is 20.3 Å². The first kappa shape index (κ1) is 13.2. The van der Waals surface area contributed by atoms with E-state index in [0.29, 0.717) is 0 Å². The summed E-state index contributed by atoms with van der Waals surface area (Å²) in [4.78, 5) is 4.98. The van der Waals surface area contributed by atoms with Crippen molar-refractivity contribution in [2.75, 3.05) is 43.4 Å². The van der Waals surface area contributed by atoms with Crippen LogP contribution in [0.15, 0.2) is 24.3 Å². The first-order valence-electron chi connectivity index (χ1n) is 7.02. The lowest BCUT2D eigenvalue weighted by Crippen LogP contribution is -2.47. The molecule has 1 atom stereocenters. The lowest BCUT2D eigenvalue weighted by Gasteiger charge is -2.37. The van der Waals surface area contributed by atoms with Gasteiger partial charge in [-0.25, -0.2) is 0 Å². The molecular weight excluding hydrogens is 222 g/mol. The van der Waals surface area contributed by atoms with E-state index >= 15 is 0 Å². The number of piperazine rings is 1. The van der Waals surface area contributed by atoms with Crippen molar-refractivity contribution < 1.29 is 0 Å². The number of para-hydroxylation sites is 2. The summed E-state index contributed by atoms with van der Waals surface area (Å²) < 4.78 is 0. The second kappa shape index (κ2) is 6.10. The van der Waals surface area contributed by atoms with Gasteiger partial charge in [0.15, 0.2) is 0 Å². The third-order valence-electron chi connectivity index (χ3n) is 3.92. The number of anilines is 2. The van der Waals surface area contributed by atoms with E-state index in [1.54, 1.807) is 0 Å². The minimum absolute atomic E-state index is 0.804. The number of benzene rings is 1. The summed E-state index contributed by atoms with van der Waals surface area (Å²) in [6.07, 6.45) is 1.27. The zero-order valence-electron chi connectivity index (χ0n) is 11.6. The maximum absolute atomic E-state index is 6.03. The third kappa shape index (κ3) is 3.16. The number of nitrogens with two attached hydrogens (primary N) is 1. The average molecular weight is 247 g/mol. The zero-order chi connectivity index (χ0) is 13.0. The Morgan fingerprint density at radius 1 is 1.17 bits per heavy atom. The van der Waals surface area contributed by atoms with Crippen molar-refractivity contribution in [1.29, 1.82) is 0 Å². The van der Waals surface area contributed by atoms with Gasteiger partial charge in [0.25, 0.3) is 0 Å². The summed E-state index contributed by atoms with van der Waals surface area (Å²) in [6.45, 7) is 10.3. The molecule has 1 aliphatic heterocycles. The van der Waals surface area contributed by atoms with Gasteiger partial charge in [-0.3, -0.25) is 4.90 Å². The number of nitrogen functional groups attached to an aromatic ring is 1. The third-order valence-corrected chi connectivity index (χ3v) is 3.92. The van der Waals surface area contributed by atoms with Gasteiger partial charge in [0.1, 0.15) is 0 Å². The Morgan fingerprint density at radius 2 is 1.83 bits per heavy atom. The zero-order valence-corrected chi connectivity index (χ0v) is 11.6. The van der Waals surface area contributed by atoms with Crippen LogP contribution in [0, 0.1) is 5.92 Å². The Morgan fingerprint density at radius 3 is 2.44 bits per heavy atom. The lowest BCUT2D eigenvalue weighted by atomic mass is 10.1. The molecule has 0 radical (unpaired) electrons. The van der Waals surface area contributed by atoms with Gasteiger partial charge in [-0.2, -0.15) is 0 Å². The first-order chi connectivity index (χ1) is 8.70. The number of nitrogens with zero attached hydrogens (tertiary/aromatic N) is 2. The van der Waals surface area contributed by atoms with Crippen LogP contribution in [0.4, 0.5) is 11.4 Å². The lowest BCUT2D eigenvalue weighted by molar-refractivity contribution is 0.222.